The van der Waals surface area contributed by atoms with Gasteiger partial charge < -0.3 is 5.73 Å². The highest BCUT2D eigenvalue weighted by atomic mass is 16.1. The average Bonchev–Trinajstić information content (AvgIpc) is 2.26. The van der Waals surface area contributed by atoms with Crippen LogP contribution in [0.1, 0.15) is 31.9 Å². The van der Waals surface area contributed by atoms with Crippen molar-refractivity contribution in [3.63, 3.8) is 0 Å². The Labute approximate surface area is 89.9 Å². The van der Waals surface area contributed by atoms with E-state index in [0.717, 1.165) is 5.56 Å². The number of hydrogen-bond acceptors (Lipinski definition) is 3. The topological polar surface area (TPSA) is 68.0 Å². The predicted octanol–water partition coefficient (Wildman–Crippen LogP) is 0.996. The second-order valence-corrected chi connectivity index (χ2v) is 3.54. The van der Waals surface area contributed by atoms with Gasteiger partial charge in [0, 0.05) is 18.4 Å². The third kappa shape index (κ3) is 3.32. The lowest BCUT2D eigenvalue weighted by molar-refractivity contribution is -0.120. The number of nitrogens with one attached hydrogen (secondary N) is 1. The third-order valence-electron chi connectivity index (χ3n) is 2.39. The van der Waals surface area contributed by atoms with Crippen LogP contribution in [0.2, 0.25) is 0 Å². The molecule has 2 atom stereocenters. The van der Waals surface area contributed by atoms with Gasteiger partial charge in [-0.1, -0.05) is 13.0 Å². The Morgan fingerprint density at radius 3 is 2.87 bits per heavy atom. The Morgan fingerprint density at radius 2 is 2.40 bits per heavy atom. The molecule has 0 spiro atoms. The van der Waals surface area contributed by atoms with Crippen molar-refractivity contribution in [3.05, 3.63) is 30.1 Å². The van der Waals surface area contributed by atoms with E-state index in [1.807, 2.05) is 26.0 Å². The molecule has 0 aliphatic heterocycles. The summed E-state index contributed by atoms with van der Waals surface area (Å²) in [4.78, 5) is 15.1. The summed E-state index contributed by atoms with van der Waals surface area (Å²) in [6, 6.07) is 3.65. The van der Waals surface area contributed by atoms with E-state index < -0.39 is 0 Å². The summed E-state index contributed by atoms with van der Waals surface area (Å²) in [6.45, 7) is 3.92. The number of carbonyl (C=O) groups excluding carboxylic acids is 1. The summed E-state index contributed by atoms with van der Waals surface area (Å²) in [5, 5.41) is 3.17. The minimum atomic E-state index is -0.312. The number of nitrogens with two attached hydrogens (primary N) is 1. The van der Waals surface area contributed by atoms with Crippen LogP contribution in [-0.4, -0.2) is 16.9 Å². The fourth-order valence-electron chi connectivity index (χ4n) is 1.43. The molecular formula is C11H17N3O. The Hall–Kier alpha value is -1.42. The van der Waals surface area contributed by atoms with Gasteiger partial charge >= 0.3 is 0 Å². The zero-order valence-electron chi connectivity index (χ0n) is 9.10. The molecule has 0 bridgehead atoms. The highest BCUT2D eigenvalue weighted by Gasteiger charge is 2.16. The zero-order chi connectivity index (χ0) is 11.3. The van der Waals surface area contributed by atoms with Crippen LogP contribution < -0.4 is 11.1 Å². The average molecular weight is 207 g/mol. The van der Waals surface area contributed by atoms with Crippen LogP contribution in [0.3, 0.4) is 0 Å². The maximum absolute atomic E-state index is 11.0. The Kier molecular flexibility index (Phi) is 4.24. The number of rotatable bonds is 5. The van der Waals surface area contributed by atoms with Crippen LogP contribution in [0, 0.1) is 0 Å². The summed E-state index contributed by atoms with van der Waals surface area (Å²) < 4.78 is 0. The van der Waals surface area contributed by atoms with Gasteiger partial charge in [0.1, 0.15) is 0 Å². The number of hydrogen-bond donors (Lipinski definition) is 2. The van der Waals surface area contributed by atoms with E-state index in [-0.39, 0.29) is 18.0 Å². The molecule has 0 saturated heterocycles. The van der Waals surface area contributed by atoms with Crippen molar-refractivity contribution < 1.29 is 4.79 Å². The molecule has 1 rings (SSSR count). The molecule has 1 heterocycles. The van der Waals surface area contributed by atoms with Crippen LogP contribution in [-0.2, 0) is 4.79 Å². The molecule has 1 aromatic heterocycles. The van der Waals surface area contributed by atoms with Gasteiger partial charge in [0.05, 0.1) is 6.04 Å². The SMILES string of the molecule is CCC(NC(C)c1cccnc1)C(N)=O. The molecule has 0 aromatic carbocycles. The molecule has 0 fully saturated rings. The van der Waals surface area contributed by atoms with Crippen LogP contribution >= 0.6 is 0 Å². The Bertz CT molecular complexity index is 313. The van der Waals surface area contributed by atoms with Crippen molar-refractivity contribution in [1.82, 2.24) is 10.3 Å². The first kappa shape index (κ1) is 11.7. The minimum absolute atomic E-state index is 0.0798. The highest BCUT2D eigenvalue weighted by Crippen LogP contribution is 2.11. The van der Waals surface area contributed by atoms with Crippen molar-refractivity contribution >= 4 is 5.91 Å². The van der Waals surface area contributed by atoms with E-state index in [0.29, 0.717) is 6.42 Å². The molecular weight excluding hydrogens is 190 g/mol. The first-order chi connectivity index (χ1) is 7.15. The standard InChI is InChI=1S/C11H17N3O/c1-3-10(11(12)15)14-8(2)9-5-4-6-13-7-9/h4-8,10,14H,3H2,1-2H3,(H2,12,15). The molecule has 0 aliphatic rings. The van der Waals surface area contributed by atoms with Crippen LogP contribution in [0.15, 0.2) is 24.5 Å². The highest BCUT2D eigenvalue weighted by molar-refractivity contribution is 5.79. The molecule has 0 saturated carbocycles. The Morgan fingerprint density at radius 1 is 1.67 bits per heavy atom. The number of nitrogens with zero attached hydrogens (tertiary/aromatic N) is 1. The van der Waals surface area contributed by atoms with Crippen molar-refractivity contribution in [1.29, 1.82) is 0 Å². The molecule has 1 aromatic rings. The van der Waals surface area contributed by atoms with Gasteiger partial charge in [-0.25, -0.2) is 0 Å². The van der Waals surface area contributed by atoms with Gasteiger partial charge in [0.25, 0.3) is 0 Å². The monoisotopic (exact) mass is 207 g/mol. The number of primary amides is 1. The van der Waals surface area contributed by atoms with E-state index in [1.54, 1.807) is 12.4 Å². The van der Waals surface area contributed by atoms with Gasteiger partial charge in [-0.05, 0) is 25.0 Å². The molecule has 3 N–H and O–H groups in total. The predicted molar refractivity (Wildman–Crippen MR) is 59.1 cm³/mol. The van der Waals surface area contributed by atoms with E-state index >= 15 is 0 Å². The van der Waals surface area contributed by atoms with Crippen molar-refractivity contribution in [2.75, 3.05) is 0 Å². The van der Waals surface area contributed by atoms with E-state index in [9.17, 15) is 4.79 Å². The second kappa shape index (κ2) is 5.46. The number of aromatic nitrogens is 1. The molecule has 0 radical (unpaired) electrons. The number of pyridine rings is 1. The summed E-state index contributed by atoms with van der Waals surface area (Å²) in [5.41, 5.74) is 6.31. The van der Waals surface area contributed by atoms with Crippen LogP contribution in [0.4, 0.5) is 0 Å². The van der Waals surface area contributed by atoms with Crippen LogP contribution in [0.25, 0.3) is 0 Å². The Balaban J connectivity index is 2.62. The van der Waals surface area contributed by atoms with Crippen molar-refractivity contribution in [2.45, 2.75) is 32.4 Å². The molecule has 0 aliphatic carbocycles. The van der Waals surface area contributed by atoms with Crippen molar-refractivity contribution in [2.24, 2.45) is 5.73 Å². The number of amides is 1. The van der Waals surface area contributed by atoms with E-state index in [1.165, 1.54) is 0 Å². The van der Waals surface area contributed by atoms with Gasteiger partial charge in [-0.3, -0.25) is 15.1 Å². The fourth-order valence-corrected chi connectivity index (χ4v) is 1.43. The van der Waals surface area contributed by atoms with E-state index in [2.05, 4.69) is 10.3 Å². The summed E-state index contributed by atoms with van der Waals surface area (Å²) in [7, 11) is 0. The molecule has 82 valence electrons. The van der Waals surface area contributed by atoms with Gasteiger partial charge in [0.15, 0.2) is 0 Å². The van der Waals surface area contributed by atoms with Crippen molar-refractivity contribution in [3.8, 4) is 0 Å². The lowest BCUT2D eigenvalue weighted by atomic mass is 10.1. The molecule has 1 amide bonds. The minimum Gasteiger partial charge on any atom is -0.368 e. The summed E-state index contributed by atoms with van der Waals surface area (Å²) >= 11 is 0. The molecule has 2 unspecified atom stereocenters. The first-order valence-electron chi connectivity index (χ1n) is 5.10. The second-order valence-electron chi connectivity index (χ2n) is 3.54. The lowest BCUT2D eigenvalue weighted by Gasteiger charge is -2.19. The summed E-state index contributed by atoms with van der Waals surface area (Å²) in [6.07, 6.45) is 4.20. The summed E-state index contributed by atoms with van der Waals surface area (Å²) in [5.74, 6) is -0.312. The maximum atomic E-state index is 11.0. The third-order valence-corrected chi connectivity index (χ3v) is 2.39. The van der Waals surface area contributed by atoms with Gasteiger partial charge in [-0.15, -0.1) is 0 Å². The van der Waals surface area contributed by atoms with Gasteiger partial charge in [-0.2, -0.15) is 0 Å². The lowest BCUT2D eigenvalue weighted by Crippen LogP contribution is -2.41. The van der Waals surface area contributed by atoms with Gasteiger partial charge in [0.2, 0.25) is 5.91 Å². The smallest absolute Gasteiger partial charge is 0.234 e. The largest absolute Gasteiger partial charge is 0.368 e. The van der Waals surface area contributed by atoms with Crippen LogP contribution in [0.5, 0.6) is 0 Å². The molecule has 4 heteroatoms. The first-order valence-corrected chi connectivity index (χ1v) is 5.10. The normalized spacial score (nSPS) is 14.5. The fraction of sp³-hybridized carbons (Fsp3) is 0.455. The zero-order valence-corrected chi connectivity index (χ0v) is 9.10. The number of carbonyl (C=O) groups is 1. The maximum Gasteiger partial charge on any atom is 0.234 e. The molecule has 15 heavy (non-hydrogen) atoms. The molecule has 4 nitrogen and oxygen atoms in total. The van der Waals surface area contributed by atoms with E-state index in [4.69, 9.17) is 5.73 Å². The quantitative estimate of drug-likeness (QED) is 0.756.